The summed E-state index contributed by atoms with van der Waals surface area (Å²) in [5, 5.41) is 1.08. The summed E-state index contributed by atoms with van der Waals surface area (Å²) in [5.41, 5.74) is 4.30. The molecule has 0 bridgehead atoms. The van der Waals surface area contributed by atoms with Crippen molar-refractivity contribution in [2.24, 2.45) is 0 Å². The highest BCUT2D eigenvalue weighted by Gasteiger charge is 2.38. The topological polar surface area (TPSA) is 59.7 Å². The summed E-state index contributed by atoms with van der Waals surface area (Å²) in [6, 6.07) is 22.3. The fourth-order valence-corrected chi connectivity index (χ4v) is 5.54. The average molecular weight is 483 g/mol. The molecule has 3 heterocycles. The van der Waals surface area contributed by atoms with Gasteiger partial charge >= 0.3 is 0 Å². The Morgan fingerprint density at radius 2 is 1.61 bits per heavy atom. The van der Waals surface area contributed by atoms with E-state index in [9.17, 15) is 14.0 Å². The van der Waals surface area contributed by atoms with Crippen molar-refractivity contribution in [1.82, 2.24) is 14.8 Å². The molecule has 1 fully saturated rings. The summed E-state index contributed by atoms with van der Waals surface area (Å²) in [5.74, 6) is -0.268. The quantitative estimate of drug-likeness (QED) is 0.453. The molecule has 6 nitrogen and oxygen atoms in total. The number of nitrogens with zero attached hydrogens (tertiary/aromatic N) is 3. The number of rotatable bonds is 5. The van der Waals surface area contributed by atoms with Gasteiger partial charge in [0.05, 0.1) is 11.7 Å². The van der Waals surface area contributed by atoms with Crippen LogP contribution in [0.3, 0.4) is 0 Å². The van der Waals surface area contributed by atoms with Crippen molar-refractivity contribution >= 4 is 28.4 Å². The third kappa shape index (κ3) is 3.81. The predicted molar refractivity (Wildman–Crippen MR) is 137 cm³/mol. The first-order chi connectivity index (χ1) is 17.6. The second-order valence-corrected chi connectivity index (χ2v) is 9.35. The van der Waals surface area contributed by atoms with Gasteiger partial charge in [-0.05, 0) is 29.8 Å². The van der Waals surface area contributed by atoms with E-state index < -0.39 is 0 Å². The van der Waals surface area contributed by atoms with Crippen LogP contribution in [0, 0.1) is 5.82 Å². The van der Waals surface area contributed by atoms with Gasteiger partial charge in [-0.25, -0.2) is 4.39 Å². The maximum atomic E-state index is 14.2. The molecule has 0 spiro atoms. The third-order valence-corrected chi connectivity index (χ3v) is 7.37. The molecular weight excluding hydrogens is 455 g/mol. The van der Waals surface area contributed by atoms with Gasteiger partial charge in [0.15, 0.2) is 0 Å². The highest BCUT2D eigenvalue weighted by atomic mass is 19.1. The number of aromatic nitrogens is 1. The van der Waals surface area contributed by atoms with Crippen LogP contribution in [0.25, 0.3) is 10.9 Å². The molecule has 1 saturated heterocycles. The number of carbonyl (C=O) groups excluding carboxylic acids is 2. The molecule has 0 saturated carbocycles. The van der Waals surface area contributed by atoms with E-state index in [0.29, 0.717) is 44.0 Å². The number of fused-ring (bicyclic) bond motifs is 2. The first-order valence-electron chi connectivity index (χ1n) is 12.3. The zero-order valence-corrected chi connectivity index (χ0v) is 19.9. The van der Waals surface area contributed by atoms with Crippen molar-refractivity contribution in [2.75, 3.05) is 37.6 Å². The van der Waals surface area contributed by atoms with Crippen LogP contribution in [0.5, 0.6) is 0 Å². The number of anilines is 1. The molecule has 182 valence electrons. The Morgan fingerprint density at radius 1 is 0.889 bits per heavy atom. The smallest absolute Gasteiger partial charge is 0.255 e. The second-order valence-electron chi connectivity index (χ2n) is 9.35. The summed E-state index contributed by atoms with van der Waals surface area (Å²) in [6.45, 7) is 2.57. The van der Waals surface area contributed by atoms with Gasteiger partial charge in [0.1, 0.15) is 5.82 Å². The normalized spacial score (nSPS) is 17.6. The van der Waals surface area contributed by atoms with Crippen molar-refractivity contribution < 1.29 is 14.0 Å². The molecule has 4 aromatic rings. The monoisotopic (exact) mass is 482 g/mol. The number of carbonyl (C=O) groups is 2. The fraction of sp³-hybridized carbons (Fsp3) is 0.241. The minimum Gasteiger partial charge on any atom is -0.366 e. The summed E-state index contributed by atoms with van der Waals surface area (Å²) >= 11 is 0. The van der Waals surface area contributed by atoms with E-state index >= 15 is 0 Å². The molecule has 2 amide bonds. The van der Waals surface area contributed by atoms with E-state index in [2.05, 4.69) is 11.1 Å². The molecule has 1 aromatic heterocycles. The highest BCUT2D eigenvalue weighted by Crippen LogP contribution is 2.41. The average Bonchev–Trinajstić information content (AvgIpc) is 3.46. The van der Waals surface area contributed by atoms with Gasteiger partial charge in [-0.3, -0.25) is 9.59 Å². The standard InChI is InChI=1S/C29H27FN4O2/c30-24-10-4-6-12-26(24)32-15-17-33(18-16-32)27(35)13-14-34-28(21-8-1-2-9-22(21)29(34)36)23-19-31-25-11-5-3-7-20(23)25/h1-12,19,28,31H,13-18H2/t28-/m0/s1. The van der Waals surface area contributed by atoms with Gasteiger partial charge in [-0.1, -0.05) is 48.5 Å². The van der Waals surface area contributed by atoms with E-state index in [0.717, 1.165) is 22.0 Å². The SMILES string of the molecule is O=C(CCN1C(=O)c2ccccc2[C@H]1c1c[nH]c2ccccc12)N1CCN(c2ccccc2F)CC1. The number of hydrogen-bond acceptors (Lipinski definition) is 3. The Kier molecular flexibility index (Phi) is 5.68. The first-order valence-corrected chi connectivity index (χ1v) is 12.3. The minimum absolute atomic E-state index is 0.0182. The molecule has 0 aliphatic carbocycles. The first kappa shape index (κ1) is 22.3. The second kappa shape index (κ2) is 9.15. The van der Waals surface area contributed by atoms with Crippen molar-refractivity contribution in [1.29, 1.82) is 0 Å². The summed E-state index contributed by atoms with van der Waals surface area (Å²) < 4.78 is 14.2. The minimum atomic E-state index is -0.243. The van der Waals surface area contributed by atoms with Crippen LogP contribution >= 0.6 is 0 Å². The number of nitrogens with one attached hydrogen (secondary N) is 1. The lowest BCUT2D eigenvalue weighted by Gasteiger charge is -2.36. The maximum absolute atomic E-state index is 14.2. The molecule has 1 N–H and O–H groups in total. The van der Waals surface area contributed by atoms with Crippen LogP contribution in [-0.2, 0) is 4.79 Å². The Hall–Kier alpha value is -4.13. The fourth-order valence-electron chi connectivity index (χ4n) is 5.54. The molecule has 3 aromatic carbocycles. The molecule has 7 heteroatoms. The Bertz CT molecular complexity index is 1440. The van der Waals surface area contributed by atoms with Gasteiger partial charge < -0.3 is 19.7 Å². The molecular formula is C29H27FN4O2. The van der Waals surface area contributed by atoms with E-state index in [1.54, 1.807) is 12.1 Å². The number of H-pyrrole nitrogens is 1. The number of amides is 2. The van der Waals surface area contributed by atoms with Crippen LogP contribution in [0.1, 0.15) is 33.9 Å². The Labute approximate surface area is 208 Å². The molecule has 2 aliphatic heterocycles. The maximum Gasteiger partial charge on any atom is 0.255 e. The van der Waals surface area contributed by atoms with Crippen LogP contribution in [0.2, 0.25) is 0 Å². The van der Waals surface area contributed by atoms with Crippen molar-refractivity contribution in [3.8, 4) is 0 Å². The number of para-hydroxylation sites is 2. The highest BCUT2D eigenvalue weighted by molar-refractivity contribution is 6.01. The lowest BCUT2D eigenvalue weighted by molar-refractivity contribution is -0.131. The zero-order chi connectivity index (χ0) is 24.6. The summed E-state index contributed by atoms with van der Waals surface area (Å²) in [6.07, 6.45) is 2.22. The molecule has 0 unspecified atom stereocenters. The number of halogens is 1. The van der Waals surface area contributed by atoms with Gasteiger partial charge in [-0.15, -0.1) is 0 Å². The molecule has 0 radical (unpaired) electrons. The van der Waals surface area contributed by atoms with Crippen molar-refractivity contribution in [2.45, 2.75) is 12.5 Å². The molecule has 36 heavy (non-hydrogen) atoms. The summed E-state index contributed by atoms with van der Waals surface area (Å²) in [7, 11) is 0. The van der Waals surface area contributed by atoms with Gasteiger partial charge in [-0.2, -0.15) is 0 Å². The van der Waals surface area contributed by atoms with Gasteiger partial charge in [0.25, 0.3) is 5.91 Å². The van der Waals surface area contributed by atoms with Crippen LogP contribution in [0.15, 0.2) is 79.0 Å². The van der Waals surface area contributed by atoms with Crippen molar-refractivity contribution in [3.05, 3.63) is 102 Å². The van der Waals surface area contributed by atoms with E-state index in [1.807, 2.05) is 69.4 Å². The zero-order valence-electron chi connectivity index (χ0n) is 19.9. The molecule has 2 aliphatic rings. The number of piperazine rings is 1. The lowest BCUT2D eigenvalue weighted by Crippen LogP contribution is -2.49. The van der Waals surface area contributed by atoms with Crippen LogP contribution < -0.4 is 4.90 Å². The Balaban J connectivity index is 1.18. The van der Waals surface area contributed by atoms with E-state index in [4.69, 9.17) is 0 Å². The molecule has 6 rings (SSSR count). The van der Waals surface area contributed by atoms with Gasteiger partial charge in [0.2, 0.25) is 5.91 Å². The number of benzene rings is 3. The largest absolute Gasteiger partial charge is 0.366 e. The summed E-state index contributed by atoms with van der Waals surface area (Å²) in [4.78, 5) is 35.5. The van der Waals surface area contributed by atoms with Gasteiger partial charge in [0, 0.05) is 67.4 Å². The third-order valence-electron chi connectivity index (χ3n) is 7.37. The lowest BCUT2D eigenvalue weighted by atomic mass is 9.97. The predicted octanol–water partition coefficient (Wildman–Crippen LogP) is 4.59. The van der Waals surface area contributed by atoms with Crippen LogP contribution in [0.4, 0.5) is 10.1 Å². The molecule has 1 atom stereocenters. The van der Waals surface area contributed by atoms with E-state index in [-0.39, 0.29) is 30.1 Å². The Morgan fingerprint density at radius 3 is 2.44 bits per heavy atom. The van der Waals surface area contributed by atoms with Crippen LogP contribution in [-0.4, -0.2) is 59.3 Å². The number of aromatic amines is 1. The van der Waals surface area contributed by atoms with Crippen molar-refractivity contribution in [3.63, 3.8) is 0 Å². The van der Waals surface area contributed by atoms with E-state index in [1.165, 1.54) is 6.07 Å². The number of hydrogen-bond donors (Lipinski definition) is 1.